The Kier molecular flexibility index (Phi) is 9.60. The van der Waals surface area contributed by atoms with E-state index < -0.39 is 29.9 Å². The number of rotatable bonds is 11. The second-order valence-electron chi connectivity index (χ2n) is 11.0. The maximum atomic E-state index is 13.6. The fourth-order valence-corrected chi connectivity index (χ4v) is 5.66. The van der Waals surface area contributed by atoms with Crippen molar-refractivity contribution in [3.63, 3.8) is 0 Å². The number of aromatic nitrogens is 2. The standard InChI is InChI=1S/C32H38N6O5/c39-29(13-14-33-32(43)38-15-7-1-2-8-16-38)36-27(17-21-19-34-25-11-5-3-9-23(21)25)30(40)37-28(31(41)42)18-22-20-35-26-12-6-4-10-24(22)26/h3-6,9-12,19-20,27-28,34-35H,1-2,7-8,13-18H2,(H,33,43)(H,36,39)(H,37,40)(H,41,42)/t27-,28-/m1/s1. The van der Waals surface area contributed by atoms with Crippen LogP contribution in [0.3, 0.4) is 0 Å². The quantitative estimate of drug-likeness (QED) is 0.159. The molecule has 11 heteroatoms. The van der Waals surface area contributed by atoms with Crippen LogP contribution in [0.5, 0.6) is 0 Å². The number of H-pyrrole nitrogens is 2. The van der Waals surface area contributed by atoms with Gasteiger partial charge in [0.25, 0.3) is 0 Å². The molecule has 226 valence electrons. The molecule has 6 N–H and O–H groups in total. The van der Waals surface area contributed by atoms with Crippen LogP contribution in [0.2, 0.25) is 0 Å². The van der Waals surface area contributed by atoms with Gasteiger partial charge in [0, 0.05) is 73.1 Å². The Bertz CT molecular complexity index is 1590. The first-order chi connectivity index (χ1) is 20.9. The third-order valence-corrected chi connectivity index (χ3v) is 7.99. The predicted molar refractivity (Wildman–Crippen MR) is 164 cm³/mol. The highest BCUT2D eigenvalue weighted by Gasteiger charge is 2.28. The number of likely N-dealkylation sites (tertiary alicyclic amines) is 1. The summed E-state index contributed by atoms with van der Waals surface area (Å²) in [7, 11) is 0. The fraction of sp³-hybridized carbons (Fsp3) is 0.375. The first-order valence-corrected chi connectivity index (χ1v) is 14.8. The second kappa shape index (κ2) is 13.9. The van der Waals surface area contributed by atoms with Gasteiger partial charge in [-0.25, -0.2) is 9.59 Å². The van der Waals surface area contributed by atoms with Gasteiger partial charge in [-0.05, 0) is 36.1 Å². The number of benzene rings is 2. The van der Waals surface area contributed by atoms with Gasteiger partial charge in [-0.2, -0.15) is 0 Å². The average molecular weight is 587 g/mol. The molecular formula is C32H38N6O5. The van der Waals surface area contributed by atoms with E-state index in [1.165, 1.54) is 0 Å². The summed E-state index contributed by atoms with van der Waals surface area (Å²) in [5.41, 5.74) is 3.34. The number of urea groups is 1. The predicted octanol–water partition coefficient (Wildman–Crippen LogP) is 3.46. The number of carboxylic acids is 1. The van der Waals surface area contributed by atoms with Crippen LogP contribution in [0.15, 0.2) is 60.9 Å². The van der Waals surface area contributed by atoms with Crippen molar-refractivity contribution >= 4 is 45.6 Å². The van der Waals surface area contributed by atoms with E-state index in [-0.39, 0.29) is 31.8 Å². The Labute approximate surface area is 249 Å². The Morgan fingerprint density at radius 2 is 1.33 bits per heavy atom. The van der Waals surface area contributed by atoms with Crippen LogP contribution in [-0.2, 0) is 27.2 Å². The minimum absolute atomic E-state index is 0.0189. The third kappa shape index (κ3) is 7.54. The Morgan fingerprint density at radius 1 is 0.767 bits per heavy atom. The maximum absolute atomic E-state index is 13.6. The highest BCUT2D eigenvalue weighted by molar-refractivity contribution is 5.92. The zero-order valence-electron chi connectivity index (χ0n) is 24.0. The molecule has 1 aliphatic heterocycles. The fourth-order valence-electron chi connectivity index (χ4n) is 5.66. The van der Waals surface area contributed by atoms with E-state index in [0.29, 0.717) is 13.1 Å². The van der Waals surface area contributed by atoms with E-state index in [1.54, 1.807) is 17.3 Å². The number of fused-ring (bicyclic) bond motifs is 2. The van der Waals surface area contributed by atoms with Crippen molar-refractivity contribution in [1.82, 2.24) is 30.8 Å². The number of carbonyl (C=O) groups is 4. The molecule has 1 saturated heterocycles. The number of aliphatic carboxylic acids is 1. The number of carboxylic acid groups (broad SMARTS) is 1. The molecule has 0 unspecified atom stereocenters. The number of nitrogens with one attached hydrogen (secondary N) is 5. The van der Waals surface area contributed by atoms with Gasteiger partial charge in [0.2, 0.25) is 11.8 Å². The summed E-state index contributed by atoms with van der Waals surface area (Å²) in [6.07, 6.45) is 7.90. The molecule has 2 atom stereocenters. The molecule has 1 fully saturated rings. The number of para-hydroxylation sites is 2. The lowest BCUT2D eigenvalue weighted by Gasteiger charge is -2.22. The molecule has 2 aromatic heterocycles. The summed E-state index contributed by atoms with van der Waals surface area (Å²) < 4.78 is 0. The van der Waals surface area contributed by atoms with E-state index in [4.69, 9.17) is 0 Å². The minimum atomic E-state index is -1.21. The normalized spacial score (nSPS) is 15.0. The maximum Gasteiger partial charge on any atom is 0.326 e. The van der Waals surface area contributed by atoms with Gasteiger partial charge in [0.15, 0.2) is 0 Å². The highest BCUT2D eigenvalue weighted by Crippen LogP contribution is 2.21. The lowest BCUT2D eigenvalue weighted by molar-refractivity contribution is -0.142. The molecule has 0 radical (unpaired) electrons. The van der Waals surface area contributed by atoms with Gasteiger partial charge in [-0.1, -0.05) is 49.2 Å². The molecule has 2 aromatic carbocycles. The van der Waals surface area contributed by atoms with Crippen LogP contribution < -0.4 is 16.0 Å². The van der Waals surface area contributed by atoms with Crippen molar-refractivity contribution in [2.75, 3.05) is 19.6 Å². The molecule has 11 nitrogen and oxygen atoms in total. The van der Waals surface area contributed by atoms with Gasteiger partial charge in [-0.15, -0.1) is 0 Å². The third-order valence-electron chi connectivity index (χ3n) is 7.99. The minimum Gasteiger partial charge on any atom is -0.480 e. The zero-order chi connectivity index (χ0) is 30.2. The summed E-state index contributed by atoms with van der Waals surface area (Å²) in [5, 5.41) is 20.0. The van der Waals surface area contributed by atoms with E-state index in [9.17, 15) is 24.3 Å². The first-order valence-electron chi connectivity index (χ1n) is 14.8. The van der Waals surface area contributed by atoms with E-state index in [2.05, 4.69) is 25.9 Å². The molecule has 43 heavy (non-hydrogen) atoms. The molecule has 3 heterocycles. The molecule has 4 aromatic rings. The molecule has 0 aliphatic carbocycles. The SMILES string of the molecule is O=C(CCNC(=O)N1CCCCCC1)N[C@H](Cc1c[nH]c2ccccc12)C(=O)N[C@H](Cc1c[nH]c2ccccc12)C(=O)O. The van der Waals surface area contributed by atoms with Crippen LogP contribution in [0, 0.1) is 0 Å². The van der Waals surface area contributed by atoms with Crippen molar-refractivity contribution in [2.45, 2.75) is 57.0 Å². The molecule has 0 spiro atoms. The van der Waals surface area contributed by atoms with Gasteiger partial charge in [0.05, 0.1) is 0 Å². The molecule has 5 rings (SSSR count). The van der Waals surface area contributed by atoms with Crippen LogP contribution in [-0.4, -0.2) is 75.5 Å². The topological polar surface area (TPSA) is 159 Å². The summed E-state index contributed by atoms with van der Waals surface area (Å²) in [6.45, 7) is 1.53. The Balaban J connectivity index is 1.26. The van der Waals surface area contributed by atoms with Crippen LogP contribution in [0.25, 0.3) is 21.8 Å². The number of hydrogen-bond acceptors (Lipinski definition) is 4. The summed E-state index contributed by atoms with van der Waals surface area (Å²) in [4.78, 5) is 59.5. The smallest absolute Gasteiger partial charge is 0.326 e. The highest BCUT2D eigenvalue weighted by atomic mass is 16.4. The molecular weight excluding hydrogens is 548 g/mol. The van der Waals surface area contributed by atoms with Gasteiger partial charge < -0.3 is 35.9 Å². The lowest BCUT2D eigenvalue weighted by Crippen LogP contribution is -2.53. The monoisotopic (exact) mass is 586 g/mol. The summed E-state index contributed by atoms with van der Waals surface area (Å²) in [5.74, 6) is -2.19. The number of carbonyl (C=O) groups excluding carboxylic acids is 3. The van der Waals surface area contributed by atoms with E-state index in [0.717, 1.165) is 58.6 Å². The Hall–Kier alpha value is -4.80. The van der Waals surface area contributed by atoms with Crippen LogP contribution >= 0.6 is 0 Å². The lowest BCUT2D eigenvalue weighted by atomic mass is 10.0. The first kappa shape index (κ1) is 29.7. The molecule has 0 saturated carbocycles. The molecule has 0 bridgehead atoms. The number of hydrogen-bond donors (Lipinski definition) is 6. The van der Waals surface area contributed by atoms with E-state index >= 15 is 0 Å². The zero-order valence-corrected chi connectivity index (χ0v) is 24.0. The van der Waals surface area contributed by atoms with Gasteiger partial charge in [-0.3, -0.25) is 9.59 Å². The van der Waals surface area contributed by atoms with E-state index in [1.807, 2.05) is 48.5 Å². The number of nitrogens with zero attached hydrogens (tertiary/aromatic N) is 1. The average Bonchev–Trinajstić information content (AvgIpc) is 3.49. The molecule has 1 aliphatic rings. The van der Waals surface area contributed by atoms with Crippen molar-refractivity contribution in [3.05, 3.63) is 72.1 Å². The van der Waals surface area contributed by atoms with Crippen molar-refractivity contribution < 1.29 is 24.3 Å². The van der Waals surface area contributed by atoms with Crippen molar-refractivity contribution in [1.29, 1.82) is 0 Å². The van der Waals surface area contributed by atoms with Crippen LogP contribution in [0.4, 0.5) is 4.79 Å². The number of amides is 4. The summed E-state index contributed by atoms with van der Waals surface area (Å²) in [6, 6.07) is 12.8. The van der Waals surface area contributed by atoms with Gasteiger partial charge >= 0.3 is 12.0 Å². The van der Waals surface area contributed by atoms with Gasteiger partial charge in [0.1, 0.15) is 12.1 Å². The number of aromatic amines is 2. The summed E-state index contributed by atoms with van der Waals surface area (Å²) >= 11 is 0. The second-order valence-corrected chi connectivity index (χ2v) is 11.0. The van der Waals surface area contributed by atoms with Crippen LogP contribution in [0.1, 0.15) is 43.2 Å². The molecule has 4 amide bonds. The Morgan fingerprint density at radius 3 is 1.91 bits per heavy atom. The van der Waals surface area contributed by atoms with Crippen molar-refractivity contribution in [2.24, 2.45) is 0 Å². The largest absolute Gasteiger partial charge is 0.480 e. The van der Waals surface area contributed by atoms with Crippen molar-refractivity contribution in [3.8, 4) is 0 Å².